The number of unbranched alkanes of at least 4 members (excludes halogenated alkanes) is 1. The summed E-state index contributed by atoms with van der Waals surface area (Å²) in [7, 11) is 0. The first-order valence-electron chi connectivity index (χ1n) is 24.9. The maximum atomic E-state index is 14.4. The Kier molecular flexibility index (Phi) is 27.4. The number of nitrogens with two attached hydrogens (primary N) is 3. The molecule has 0 aliphatic carbocycles. The van der Waals surface area contributed by atoms with Gasteiger partial charge in [-0.3, -0.25) is 62.5 Å². The fourth-order valence-electron chi connectivity index (χ4n) is 7.64. The molecule has 1 fully saturated rings. The van der Waals surface area contributed by atoms with E-state index in [9.17, 15) is 72.9 Å². The van der Waals surface area contributed by atoms with Crippen molar-refractivity contribution in [2.24, 2.45) is 34.0 Å². The predicted octanol–water partition coefficient (Wildman–Crippen LogP) is -3.68. The number of guanidine groups is 1. The van der Waals surface area contributed by atoms with Crippen LogP contribution in [-0.4, -0.2) is 160 Å². The summed E-state index contributed by atoms with van der Waals surface area (Å²) in [5.74, 6) is -15.3. The highest BCUT2D eigenvalue weighted by Crippen LogP contribution is 2.13. The van der Waals surface area contributed by atoms with Crippen molar-refractivity contribution in [1.29, 1.82) is 0 Å². The minimum absolute atomic E-state index is 0.0167. The van der Waals surface area contributed by atoms with Crippen molar-refractivity contribution in [3.05, 3.63) is 35.9 Å². The molecule has 1 aliphatic rings. The van der Waals surface area contributed by atoms with E-state index in [0.29, 0.717) is 12.0 Å². The number of benzene rings is 1. The van der Waals surface area contributed by atoms with Crippen molar-refractivity contribution in [3.63, 3.8) is 0 Å². The zero-order valence-electron chi connectivity index (χ0n) is 43.3. The second kappa shape index (κ2) is 32.4. The average Bonchev–Trinajstić information content (AvgIpc) is 3.33. The van der Waals surface area contributed by atoms with Crippen LogP contribution in [-0.2, 0) is 64.0 Å². The number of rotatable bonds is 20. The van der Waals surface area contributed by atoms with E-state index < -0.39 is 169 Å². The van der Waals surface area contributed by atoms with Gasteiger partial charge in [-0.15, -0.1) is 0 Å². The fraction of sp³-hybridized carbons (Fsp3) is 0.604. The molecule has 1 saturated heterocycles. The molecule has 0 radical (unpaired) electrons. The Morgan fingerprint density at radius 2 is 0.895 bits per heavy atom. The van der Waals surface area contributed by atoms with Gasteiger partial charge in [0.2, 0.25) is 53.2 Å². The van der Waals surface area contributed by atoms with Gasteiger partial charge in [-0.25, -0.2) is 0 Å². The van der Waals surface area contributed by atoms with Crippen molar-refractivity contribution < 1.29 is 72.9 Å². The van der Waals surface area contributed by atoms with Gasteiger partial charge in [0.1, 0.15) is 54.4 Å². The molecule has 9 amide bonds. The molecule has 0 bridgehead atoms. The predicted molar refractivity (Wildman–Crippen MR) is 272 cm³/mol. The SMILES string of the molecule is CC(C)[C@@H]1NC(=O)[C@H](CCCN=C(N)N)NC(=O)[C@H](Cc2ccccc2)NC(=O)[C@H](C(C)C)NC(=O)[C@H](CCC(=O)O)NC(=O)[C@H](CCCCN)NC(=O)[C@H](CCC(=O)O)NC(=O)[C@H](C)NC(=O)[C@H](CC(=O)O)NC1=O. The number of aliphatic carboxylic acids is 3. The van der Waals surface area contributed by atoms with Crippen LogP contribution >= 0.6 is 0 Å². The largest absolute Gasteiger partial charge is 0.481 e. The number of carbonyl (C=O) groups is 12. The summed E-state index contributed by atoms with van der Waals surface area (Å²) in [6.45, 7) is 7.43. The molecule has 0 spiro atoms. The third-order valence-electron chi connectivity index (χ3n) is 11.9. The first-order chi connectivity index (χ1) is 35.7. The van der Waals surface area contributed by atoms with Crippen molar-refractivity contribution >= 4 is 77.0 Å². The second-order valence-corrected chi connectivity index (χ2v) is 18.9. The maximum Gasteiger partial charge on any atom is 0.305 e. The molecule has 28 heteroatoms. The normalized spacial score (nSPS) is 24.2. The summed E-state index contributed by atoms with van der Waals surface area (Å²) in [6, 6.07) is -5.86. The van der Waals surface area contributed by atoms with Crippen molar-refractivity contribution in [1.82, 2.24) is 47.9 Å². The molecule has 2 rings (SSSR count). The minimum atomic E-state index is -1.88. The van der Waals surface area contributed by atoms with Crippen molar-refractivity contribution in [2.45, 2.75) is 160 Å². The fourth-order valence-corrected chi connectivity index (χ4v) is 7.64. The Bertz CT molecular complexity index is 2240. The lowest BCUT2D eigenvalue weighted by Crippen LogP contribution is -2.61. The van der Waals surface area contributed by atoms with Gasteiger partial charge in [0.05, 0.1) is 6.42 Å². The van der Waals surface area contributed by atoms with Gasteiger partial charge in [-0.05, 0) is 75.8 Å². The molecule has 1 aromatic rings. The van der Waals surface area contributed by atoms with Crippen LogP contribution in [0.3, 0.4) is 0 Å². The third kappa shape index (κ3) is 23.1. The summed E-state index contributed by atoms with van der Waals surface area (Å²) in [6.07, 6.45) is -3.32. The Morgan fingerprint density at radius 1 is 0.500 bits per heavy atom. The zero-order valence-corrected chi connectivity index (χ0v) is 43.3. The summed E-state index contributed by atoms with van der Waals surface area (Å²) in [5.41, 5.74) is 17.2. The highest BCUT2D eigenvalue weighted by molar-refractivity contribution is 6.00. The average molecular weight is 1070 g/mol. The summed E-state index contributed by atoms with van der Waals surface area (Å²) < 4.78 is 0. The lowest BCUT2D eigenvalue weighted by molar-refractivity contribution is -0.142. The van der Waals surface area contributed by atoms with E-state index in [-0.39, 0.29) is 51.2 Å². The molecule has 1 aromatic carbocycles. The van der Waals surface area contributed by atoms with E-state index in [2.05, 4.69) is 52.8 Å². The molecule has 0 unspecified atom stereocenters. The van der Waals surface area contributed by atoms with E-state index in [1.165, 1.54) is 13.8 Å². The van der Waals surface area contributed by atoms with Crippen LogP contribution in [0.15, 0.2) is 35.3 Å². The second-order valence-electron chi connectivity index (χ2n) is 18.9. The Balaban J connectivity index is 2.87. The smallest absolute Gasteiger partial charge is 0.305 e. The molecule has 28 nitrogen and oxygen atoms in total. The van der Waals surface area contributed by atoms with Gasteiger partial charge < -0.3 is 80.4 Å². The molecule has 76 heavy (non-hydrogen) atoms. The van der Waals surface area contributed by atoms with Crippen LogP contribution in [0.25, 0.3) is 0 Å². The summed E-state index contributed by atoms with van der Waals surface area (Å²) in [4.78, 5) is 166. The highest BCUT2D eigenvalue weighted by Gasteiger charge is 2.37. The minimum Gasteiger partial charge on any atom is -0.481 e. The van der Waals surface area contributed by atoms with Crippen LogP contribution in [0.5, 0.6) is 0 Å². The van der Waals surface area contributed by atoms with Crippen LogP contribution in [0.4, 0.5) is 0 Å². The van der Waals surface area contributed by atoms with Crippen LogP contribution in [0.2, 0.25) is 0 Å². The number of hydrogen-bond donors (Lipinski definition) is 15. The molecule has 422 valence electrons. The Morgan fingerprint density at radius 3 is 1.33 bits per heavy atom. The number of carboxylic acids is 3. The van der Waals surface area contributed by atoms with E-state index in [4.69, 9.17) is 17.2 Å². The maximum absolute atomic E-state index is 14.4. The molecule has 1 aliphatic heterocycles. The van der Waals surface area contributed by atoms with E-state index >= 15 is 0 Å². The number of nitrogens with one attached hydrogen (secondary N) is 9. The number of carbonyl (C=O) groups excluding carboxylic acids is 9. The van der Waals surface area contributed by atoms with E-state index in [1.54, 1.807) is 44.2 Å². The van der Waals surface area contributed by atoms with Gasteiger partial charge in [0.15, 0.2) is 5.96 Å². The van der Waals surface area contributed by atoms with Crippen molar-refractivity contribution in [2.75, 3.05) is 13.1 Å². The summed E-state index contributed by atoms with van der Waals surface area (Å²) >= 11 is 0. The number of aliphatic imine (C=N–C) groups is 1. The van der Waals surface area contributed by atoms with E-state index in [0.717, 1.165) is 6.92 Å². The quantitative estimate of drug-likeness (QED) is 0.0340. The first-order valence-corrected chi connectivity index (χ1v) is 24.9. The zero-order chi connectivity index (χ0) is 57.2. The number of hydrogen-bond acceptors (Lipinski definition) is 14. The van der Waals surface area contributed by atoms with Crippen LogP contribution < -0.4 is 65.1 Å². The molecule has 0 aromatic heterocycles. The third-order valence-corrected chi connectivity index (χ3v) is 11.9. The van der Waals surface area contributed by atoms with Gasteiger partial charge in [-0.1, -0.05) is 58.0 Å². The van der Waals surface area contributed by atoms with Gasteiger partial charge in [-0.2, -0.15) is 0 Å². The molecular formula is C48H75N13O15. The topological polar surface area (TPSA) is 464 Å². The molecule has 9 atom stereocenters. The first kappa shape index (κ1) is 64.2. The molecule has 18 N–H and O–H groups in total. The lowest BCUT2D eigenvalue weighted by atomic mass is 9.99. The number of amides is 9. The van der Waals surface area contributed by atoms with Gasteiger partial charge >= 0.3 is 17.9 Å². The molecular weight excluding hydrogens is 999 g/mol. The molecule has 0 saturated carbocycles. The summed E-state index contributed by atoms with van der Waals surface area (Å²) in [5, 5.41) is 51.0. The Labute approximate surface area is 439 Å². The molecule has 1 heterocycles. The number of carboxylic acid groups (broad SMARTS) is 3. The van der Waals surface area contributed by atoms with Gasteiger partial charge in [0.25, 0.3) is 0 Å². The Hall–Kier alpha value is -7.91. The highest BCUT2D eigenvalue weighted by atomic mass is 16.4. The van der Waals surface area contributed by atoms with Gasteiger partial charge in [0, 0.05) is 25.8 Å². The van der Waals surface area contributed by atoms with E-state index in [1.807, 2.05) is 0 Å². The lowest BCUT2D eigenvalue weighted by Gasteiger charge is -2.29. The number of nitrogens with zero attached hydrogens (tertiary/aromatic N) is 1. The standard InChI is InChI=1S/C48H75N13O15/c1-24(2)37-46(75)58-32(22-27-12-7-6-8-13-27)45(74)56-29(15-11-21-52-48(50)51)42(71)60-38(25(3)4)47(76)59-33(23-36(66)67)44(73)53-26(5)39(68)54-30(16-18-34(62)63)41(70)55-28(14-9-10-20-49)40(69)57-31(43(72)61-37)17-19-35(64)65/h6-8,12-13,24-26,28-33,37-38H,9-11,14-23,49H2,1-5H3,(H,53,73)(H,54,68)(H,55,70)(H,56,74)(H,57,69)(H,58,75)(H,59,76)(H,60,71)(H,61,72)(H,62,63)(H,64,65)(H,66,67)(H4,50,51,52)/t26-,28-,29-,30-,31-,32-,33-,37-,38-/m0/s1. The van der Waals surface area contributed by atoms with Crippen molar-refractivity contribution in [3.8, 4) is 0 Å². The monoisotopic (exact) mass is 1070 g/mol. The van der Waals surface area contributed by atoms with Crippen LogP contribution in [0, 0.1) is 11.8 Å². The van der Waals surface area contributed by atoms with Crippen LogP contribution in [0.1, 0.15) is 104 Å².